The molecule has 2 rings (SSSR count). The number of nitrogens with one attached hydrogen (secondary N) is 2. The quantitative estimate of drug-likeness (QED) is 0.783. The number of halogens is 2. The van der Waals surface area contributed by atoms with Gasteiger partial charge in [-0.15, -0.1) is 0 Å². The van der Waals surface area contributed by atoms with Gasteiger partial charge in [-0.1, -0.05) is 30.1 Å². The van der Waals surface area contributed by atoms with Crippen molar-refractivity contribution in [2.45, 2.75) is 32.2 Å². The first-order chi connectivity index (χ1) is 9.86. The minimum atomic E-state index is -1.20. The molecule has 1 saturated carbocycles. The second kappa shape index (κ2) is 6.54. The number of hydrogen-bond acceptors (Lipinski definition) is 2. The largest absolute Gasteiger partial charge is 0.478 e. The summed E-state index contributed by atoms with van der Waals surface area (Å²) in [5.74, 6) is -0.617. The third-order valence-electron chi connectivity index (χ3n) is 3.55. The highest BCUT2D eigenvalue weighted by Gasteiger charge is 2.24. The molecule has 0 saturated heterocycles. The third-order valence-corrected chi connectivity index (χ3v) is 4.07. The molecule has 1 fully saturated rings. The molecule has 2 amide bonds. The Morgan fingerprint density at radius 1 is 1.29 bits per heavy atom. The van der Waals surface area contributed by atoms with Crippen molar-refractivity contribution in [1.82, 2.24) is 5.32 Å². The molecule has 5 nitrogen and oxygen atoms in total. The van der Waals surface area contributed by atoms with Crippen molar-refractivity contribution in [3.63, 3.8) is 0 Å². The minimum Gasteiger partial charge on any atom is -0.478 e. The molecule has 114 valence electrons. The zero-order chi connectivity index (χ0) is 15.6. The smallest absolute Gasteiger partial charge is 0.337 e. The maximum atomic E-state index is 12.0. The number of aromatic carboxylic acids is 1. The maximum absolute atomic E-state index is 12.0. The number of urea groups is 1. The predicted octanol–water partition coefficient (Wildman–Crippen LogP) is 4.00. The van der Waals surface area contributed by atoms with Gasteiger partial charge in [-0.05, 0) is 37.3 Å². The molecule has 2 unspecified atom stereocenters. The lowest BCUT2D eigenvalue weighted by atomic mass is 10.1. The van der Waals surface area contributed by atoms with Crippen LogP contribution in [0, 0.1) is 5.92 Å². The summed E-state index contributed by atoms with van der Waals surface area (Å²) in [6.45, 7) is 2.14. The lowest BCUT2D eigenvalue weighted by Gasteiger charge is -2.15. The summed E-state index contributed by atoms with van der Waals surface area (Å²) in [6, 6.07) is 2.30. The van der Waals surface area contributed by atoms with Gasteiger partial charge >= 0.3 is 12.0 Å². The van der Waals surface area contributed by atoms with Crippen LogP contribution < -0.4 is 10.6 Å². The zero-order valence-corrected chi connectivity index (χ0v) is 13.0. The van der Waals surface area contributed by atoms with Gasteiger partial charge in [0, 0.05) is 11.1 Å². The number of carboxylic acids is 1. The lowest BCUT2D eigenvalue weighted by molar-refractivity contribution is 0.0698. The highest BCUT2D eigenvalue weighted by molar-refractivity contribution is 6.37. The van der Waals surface area contributed by atoms with Crippen LogP contribution in [0.4, 0.5) is 10.5 Å². The summed E-state index contributed by atoms with van der Waals surface area (Å²) in [7, 11) is 0. The first kappa shape index (κ1) is 15.9. The van der Waals surface area contributed by atoms with Crippen molar-refractivity contribution in [3.8, 4) is 0 Å². The molecule has 3 N–H and O–H groups in total. The molecule has 1 aromatic carbocycles. The standard InChI is InChI=1S/C14H16Cl2N2O3/c1-7-2-3-9(4-7)17-14(21)18-12-10(13(19)20)5-8(15)6-11(12)16/h5-7,9H,2-4H2,1H3,(H,19,20)(H2,17,18,21). The van der Waals surface area contributed by atoms with Crippen LogP contribution in [-0.2, 0) is 0 Å². The summed E-state index contributed by atoms with van der Waals surface area (Å²) < 4.78 is 0. The fourth-order valence-electron chi connectivity index (χ4n) is 2.54. The molecule has 0 radical (unpaired) electrons. The van der Waals surface area contributed by atoms with Crippen LogP contribution in [0.5, 0.6) is 0 Å². The Morgan fingerprint density at radius 3 is 2.57 bits per heavy atom. The van der Waals surface area contributed by atoms with Gasteiger partial charge in [0.05, 0.1) is 16.3 Å². The highest BCUT2D eigenvalue weighted by atomic mass is 35.5. The summed E-state index contributed by atoms with van der Waals surface area (Å²) in [5.41, 5.74) is -0.0837. The molecule has 0 spiro atoms. The van der Waals surface area contributed by atoms with Gasteiger partial charge in [0.15, 0.2) is 0 Å². The first-order valence-electron chi connectivity index (χ1n) is 6.66. The van der Waals surface area contributed by atoms with E-state index in [9.17, 15) is 9.59 Å². The average Bonchev–Trinajstić information content (AvgIpc) is 2.77. The maximum Gasteiger partial charge on any atom is 0.337 e. The fraction of sp³-hybridized carbons (Fsp3) is 0.429. The van der Waals surface area contributed by atoms with E-state index in [-0.39, 0.29) is 27.3 Å². The van der Waals surface area contributed by atoms with E-state index in [0.717, 1.165) is 19.3 Å². The Morgan fingerprint density at radius 2 is 2.00 bits per heavy atom. The van der Waals surface area contributed by atoms with E-state index < -0.39 is 12.0 Å². The van der Waals surface area contributed by atoms with E-state index in [0.29, 0.717) is 5.92 Å². The topological polar surface area (TPSA) is 78.4 Å². The summed E-state index contributed by atoms with van der Waals surface area (Å²) in [6.07, 6.45) is 2.93. The number of carboxylic acid groups (broad SMARTS) is 1. The van der Waals surface area contributed by atoms with Crippen LogP contribution in [0.25, 0.3) is 0 Å². The van der Waals surface area contributed by atoms with Crippen molar-refractivity contribution < 1.29 is 14.7 Å². The molecule has 0 aromatic heterocycles. The summed E-state index contributed by atoms with van der Waals surface area (Å²) in [4.78, 5) is 23.2. The third kappa shape index (κ3) is 4.02. The molecule has 1 aromatic rings. The fourth-order valence-corrected chi connectivity index (χ4v) is 3.08. The number of benzene rings is 1. The Kier molecular flexibility index (Phi) is 4.96. The van der Waals surface area contributed by atoms with Crippen molar-refractivity contribution in [1.29, 1.82) is 0 Å². The molecular formula is C14H16Cl2N2O3. The van der Waals surface area contributed by atoms with Crippen molar-refractivity contribution in [3.05, 3.63) is 27.7 Å². The van der Waals surface area contributed by atoms with Crippen LogP contribution in [-0.4, -0.2) is 23.1 Å². The van der Waals surface area contributed by atoms with Gasteiger partial charge in [-0.2, -0.15) is 0 Å². The predicted molar refractivity (Wildman–Crippen MR) is 82.4 cm³/mol. The van der Waals surface area contributed by atoms with E-state index in [4.69, 9.17) is 28.3 Å². The first-order valence-corrected chi connectivity index (χ1v) is 7.42. The van der Waals surface area contributed by atoms with Crippen LogP contribution in [0.2, 0.25) is 10.0 Å². The van der Waals surface area contributed by atoms with Crippen molar-refractivity contribution in [2.24, 2.45) is 5.92 Å². The van der Waals surface area contributed by atoms with Crippen molar-refractivity contribution >= 4 is 40.9 Å². The number of carbonyl (C=O) groups is 2. The van der Waals surface area contributed by atoms with E-state index in [1.807, 2.05) is 0 Å². The van der Waals surface area contributed by atoms with Crippen LogP contribution in [0.15, 0.2) is 12.1 Å². The Labute approximate surface area is 132 Å². The van der Waals surface area contributed by atoms with E-state index >= 15 is 0 Å². The molecule has 0 heterocycles. The molecule has 1 aliphatic carbocycles. The van der Waals surface area contributed by atoms with E-state index in [1.165, 1.54) is 12.1 Å². The Balaban J connectivity index is 2.11. The summed E-state index contributed by atoms with van der Waals surface area (Å²) in [5, 5.41) is 14.8. The molecule has 21 heavy (non-hydrogen) atoms. The second-order valence-electron chi connectivity index (χ2n) is 5.33. The van der Waals surface area contributed by atoms with Crippen LogP contribution in [0.3, 0.4) is 0 Å². The molecule has 2 atom stereocenters. The van der Waals surface area contributed by atoms with Gasteiger partial charge in [0.2, 0.25) is 0 Å². The number of carbonyl (C=O) groups excluding carboxylic acids is 1. The van der Waals surface area contributed by atoms with Crippen LogP contribution in [0.1, 0.15) is 36.5 Å². The average molecular weight is 331 g/mol. The molecule has 0 aliphatic heterocycles. The number of anilines is 1. The van der Waals surface area contributed by atoms with E-state index in [1.54, 1.807) is 0 Å². The van der Waals surface area contributed by atoms with Gasteiger partial charge in [-0.3, -0.25) is 0 Å². The van der Waals surface area contributed by atoms with E-state index in [2.05, 4.69) is 17.6 Å². The molecule has 0 bridgehead atoms. The molecular weight excluding hydrogens is 315 g/mol. The lowest BCUT2D eigenvalue weighted by Crippen LogP contribution is -2.36. The van der Waals surface area contributed by atoms with Crippen molar-refractivity contribution in [2.75, 3.05) is 5.32 Å². The summed E-state index contributed by atoms with van der Waals surface area (Å²) >= 11 is 11.8. The number of amides is 2. The van der Waals surface area contributed by atoms with Gasteiger partial charge in [-0.25, -0.2) is 9.59 Å². The molecule has 1 aliphatic rings. The van der Waals surface area contributed by atoms with Crippen LogP contribution >= 0.6 is 23.2 Å². The number of rotatable bonds is 3. The number of hydrogen-bond donors (Lipinski definition) is 3. The zero-order valence-electron chi connectivity index (χ0n) is 11.5. The Bertz CT molecular complexity index is 578. The monoisotopic (exact) mass is 330 g/mol. The second-order valence-corrected chi connectivity index (χ2v) is 6.17. The van der Waals surface area contributed by atoms with Gasteiger partial charge in [0.1, 0.15) is 0 Å². The highest BCUT2D eigenvalue weighted by Crippen LogP contribution is 2.30. The molecule has 7 heteroatoms. The normalized spacial score (nSPS) is 21.1. The van der Waals surface area contributed by atoms with Gasteiger partial charge < -0.3 is 15.7 Å². The SMILES string of the molecule is CC1CCC(NC(=O)Nc2c(Cl)cc(Cl)cc2C(=O)O)C1. The van der Waals surface area contributed by atoms with Gasteiger partial charge in [0.25, 0.3) is 0 Å². The minimum absolute atomic E-state index is 0.0529. The Hall–Kier alpha value is -1.46.